The van der Waals surface area contributed by atoms with Crippen molar-refractivity contribution in [2.45, 2.75) is 24.4 Å². The Labute approximate surface area is 119 Å². The fourth-order valence-corrected chi connectivity index (χ4v) is 1.99. The highest BCUT2D eigenvalue weighted by Crippen LogP contribution is 2.23. The Kier molecular flexibility index (Phi) is 5.55. The second-order valence-corrected chi connectivity index (χ2v) is 4.93. The Morgan fingerprint density at radius 2 is 2.05 bits per heavy atom. The molecule has 1 rings (SSSR count). The van der Waals surface area contributed by atoms with Crippen LogP contribution in [0, 0.1) is 0 Å². The quantitative estimate of drug-likeness (QED) is 0.832. The number of amides is 1. The Bertz CT molecular complexity index is 465. The lowest BCUT2D eigenvalue weighted by Gasteiger charge is -2.24. The summed E-state index contributed by atoms with van der Waals surface area (Å²) in [5.41, 5.74) is 0.0341. The number of hydrogen-bond acceptors (Lipinski definition) is 2. The summed E-state index contributed by atoms with van der Waals surface area (Å²) in [4.78, 5) is 13.3. The normalized spacial score (nSPS) is 11.5. The number of thiol groups is 1. The van der Waals surface area contributed by atoms with Gasteiger partial charge in [0.05, 0.1) is 10.6 Å². The van der Waals surface area contributed by atoms with Crippen LogP contribution in [0.25, 0.3) is 0 Å². The average Bonchev–Trinajstić information content (AvgIpc) is 2.29. The van der Waals surface area contributed by atoms with E-state index in [1.807, 2.05) is 0 Å². The fraction of sp³-hybridized carbons (Fsp3) is 0.417. The molecule has 7 heteroatoms. The van der Waals surface area contributed by atoms with Crippen molar-refractivity contribution in [2.75, 3.05) is 13.1 Å². The molecule has 19 heavy (non-hydrogen) atoms. The summed E-state index contributed by atoms with van der Waals surface area (Å²) < 4.78 is 37.3. The molecule has 0 unspecified atom stereocenters. The number of alkyl halides is 3. The van der Waals surface area contributed by atoms with Crippen molar-refractivity contribution in [1.29, 1.82) is 0 Å². The zero-order valence-corrected chi connectivity index (χ0v) is 11.8. The molecule has 0 spiro atoms. The van der Waals surface area contributed by atoms with Crippen molar-refractivity contribution in [3.05, 3.63) is 28.8 Å². The van der Waals surface area contributed by atoms with E-state index in [2.05, 4.69) is 12.6 Å². The lowest BCUT2D eigenvalue weighted by atomic mass is 10.2. The third kappa shape index (κ3) is 4.95. The summed E-state index contributed by atoms with van der Waals surface area (Å²) in [5.74, 6) is -0.736. The summed E-state index contributed by atoms with van der Waals surface area (Å²) in [6.45, 7) is 0.436. The van der Waals surface area contributed by atoms with Crippen LogP contribution in [0.4, 0.5) is 13.2 Å². The molecule has 0 radical (unpaired) electrons. The van der Waals surface area contributed by atoms with Gasteiger partial charge in [0.25, 0.3) is 5.91 Å². The Hall–Kier alpha value is -0.880. The van der Waals surface area contributed by atoms with Crippen molar-refractivity contribution >= 4 is 30.1 Å². The molecule has 1 aromatic rings. The summed E-state index contributed by atoms with van der Waals surface area (Å²) in [6, 6.07) is 4.37. The molecule has 2 nitrogen and oxygen atoms in total. The molecule has 0 atom stereocenters. The van der Waals surface area contributed by atoms with Crippen LogP contribution in [0.1, 0.15) is 23.7 Å². The van der Waals surface area contributed by atoms with Gasteiger partial charge < -0.3 is 4.90 Å². The van der Waals surface area contributed by atoms with Crippen LogP contribution < -0.4 is 0 Å². The van der Waals surface area contributed by atoms with Crippen molar-refractivity contribution < 1.29 is 18.0 Å². The number of nitrogens with zero attached hydrogens (tertiary/aromatic N) is 1. The highest BCUT2D eigenvalue weighted by Gasteiger charge is 2.33. The molecule has 1 amide bonds. The van der Waals surface area contributed by atoms with E-state index < -0.39 is 18.6 Å². The predicted octanol–water partition coefficient (Wildman–Crippen LogP) is 4.04. The molecular weight excluding hydrogens is 299 g/mol. The monoisotopic (exact) mass is 311 g/mol. The van der Waals surface area contributed by atoms with Crippen LogP contribution in [-0.2, 0) is 0 Å². The lowest BCUT2D eigenvalue weighted by molar-refractivity contribution is -0.140. The van der Waals surface area contributed by atoms with E-state index in [-0.39, 0.29) is 17.1 Å². The van der Waals surface area contributed by atoms with Crippen LogP contribution in [-0.4, -0.2) is 30.1 Å². The molecule has 0 bridgehead atoms. The van der Waals surface area contributed by atoms with Gasteiger partial charge in [0.15, 0.2) is 0 Å². The van der Waals surface area contributed by atoms with E-state index in [9.17, 15) is 18.0 Å². The van der Waals surface area contributed by atoms with Gasteiger partial charge in [0.2, 0.25) is 0 Å². The number of rotatable bonds is 4. The number of carbonyl (C=O) groups is 1. The number of carbonyl (C=O) groups excluding carboxylic acids is 1. The average molecular weight is 312 g/mol. The maximum Gasteiger partial charge on any atom is 0.406 e. The Morgan fingerprint density at radius 1 is 1.42 bits per heavy atom. The molecule has 0 saturated heterocycles. The largest absolute Gasteiger partial charge is 0.406 e. The molecule has 106 valence electrons. The minimum atomic E-state index is -4.43. The SMILES string of the molecule is CCCN(CC(F)(F)F)C(=O)c1cc(S)ccc1Cl. The van der Waals surface area contributed by atoms with Crippen molar-refractivity contribution in [2.24, 2.45) is 0 Å². The maximum absolute atomic E-state index is 12.4. The van der Waals surface area contributed by atoms with E-state index in [1.165, 1.54) is 12.1 Å². The van der Waals surface area contributed by atoms with Gasteiger partial charge in [-0.3, -0.25) is 4.79 Å². The smallest absolute Gasteiger partial charge is 0.330 e. The second kappa shape index (κ2) is 6.52. The number of benzene rings is 1. The van der Waals surface area contributed by atoms with Gasteiger partial charge in [-0.25, -0.2) is 0 Å². The fourth-order valence-electron chi connectivity index (χ4n) is 1.59. The van der Waals surface area contributed by atoms with Gasteiger partial charge in [-0.2, -0.15) is 13.2 Å². The first kappa shape index (κ1) is 16.2. The topological polar surface area (TPSA) is 20.3 Å². The minimum Gasteiger partial charge on any atom is -0.330 e. The predicted molar refractivity (Wildman–Crippen MR) is 71.0 cm³/mol. The highest BCUT2D eigenvalue weighted by atomic mass is 35.5. The first-order chi connectivity index (χ1) is 8.74. The zero-order chi connectivity index (χ0) is 14.6. The third-order valence-electron chi connectivity index (χ3n) is 2.33. The maximum atomic E-state index is 12.4. The number of hydrogen-bond donors (Lipinski definition) is 1. The van der Waals surface area contributed by atoms with Gasteiger partial charge in [0, 0.05) is 11.4 Å². The van der Waals surface area contributed by atoms with Crippen molar-refractivity contribution in [1.82, 2.24) is 4.90 Å². The van der Waals surface area contributed by atoms with Crippen molar-refractivity contribution in [3.63, 3.8) is 0 Å². The standard InChI is InChI=1S/C12H13ClF3NOS/c1-2-5-17(7-12(14,15)16)11(18)9-6-8(19)3-4-10(9)13/h3-4,6,19H,2,5,7H2,1H3. The molecule has 0 aromatic heterocycles. The summed E-state index contributed by atoms with van der Waals surface area (Å²) in [5, 5.41) is 0.117. The van der Waals surface area contributed by atoms with E-state index in [0.717, 1.165) is 4.90 Å². The van der Waals surface area contributed by atoms with Crippen LogP contribution in [0.15, 0.2) is 23.1 Å². The highest BCUT2D eigenvalue weighted by molar-refractivity contribution is 7.80. The molecule has 0 N–H and O–H groups in total. The Morgan fingerprint density at radius 3 is 2.58 bits per heavy atom. The second-order valence-electron chi connectivity index (χ2n) is 4.01. The summed E-state index contributed by atoms with van der Waals surface area (Å²) >= 11 is 9.90. The lowest BCUT2D eigenvalue weighted by Crippen LogP contribution is -2.39. The van der Waals surface area contributed by atoms with Crippen molar-refractivity contribution in [3.8, 4) is 0 Å². The molecule has 1 aromatic carbocycles. The van der Waals surface area contributed by atoms with Gasteiger partial charge in [-0.05, 0) is 24.6 Å². The molecule has 0 fully saturated rings. The van der Waals surface area contributed by atoms with Gasteiger partial charge in [-0.15, -0.1) is 12.6 Å². The molecule has 0 saturated carbocycles. The first-order valence-electron chi connectivity index (χ1n) is 5.59. The van der Waals surface area contributed by atoms with E-state index >= 15 is 0 Å². The summed E-state index contributed by atoms with van der Waals surface area (Å²) in [6.07, 6.45) is -4.00. The molecule has 0 aliphatic rings. The molecule has 0 heterocycles. The molecule has 0 aliphatic heterocycles. The van der Waals surface area contributed by atoms with Crippen LogP contribution in [0.3, 0.4) is 0 Å². The first-order valence-corrected chi connectivity index (χ1v) is 6.41. The minimum absolute atomic E-state index is 0.0193. The van der Waals surface area contributed by atoms with Gasteiger partial charge >= 0.3 is 6.18 Å². The van der Waals surface area contributed by atoms with Crippen LogP contribution in [0.5, 0.6) is 0 Å². The van der Waals surface area contributed by atoms with E-state index in [1.54, 1.807) is 13.0 Å². The van der Waals surface area contributed by atoms with E-state index in [4.69, 9.17) is 11.6 Å². The Balaban J connectivity index is 3.02. The third-order valence-corrected chi connectivity index (χ3v) is 2.94. The zero-order valence-electron chi connectivity index (χ0n) is 10.2. The van der Waals surface area contributed by atoms with Gasteiger partial charge in [-0.1, -0.05) is 18.5 Å². The molecule has 0 aliphatic carbocycles. The van der Waals surface area contributed by atoms with E-state index in [0.29, 0.717) is 11.3 Å². The summed E-state index contributed by atoms with van der Waals surface area (Å²) in [7, 11) is 0. The molecular formula is C12H13ClF3NOS. The van der Waals surface area contributed by atoms with Gasteiger partial charge in [0.1, 0.15) is 6.54 Å². The number of halogens is 4. The van der Waals surface area contributed by atoms with Crippen LogP contribution >= 0.6 is 24.2 Å². The van der Waals surface area contributed by atoms with Crippen LogP contribution in [0.2, 0.25) is 5.02 Å².